The van der Waals surface area contributed by atoms with Gasteiger partial charge in [-0.05, 0) is 38.3 Å². The van der Waals surface area contributed by atoms with Crippen LogP contribution >= 0.6 is 0 Å². The van der Waals surface area contributed by atoms with E-state index in [-0.39, 0.29) is 33.0 Å². The van der Waals surface area contributed by atoms with Crippen LogP contribution in [0.15, 0.2) is 57.9 Å². The predicted octanol–water partition coefficient (Wildman–Crippen LogP) is 4.93. The molecule has 1 fully saturated rings. The van der Waals surface area contributed by atoms with Crippen LogP contribution in [-0.4, -0.2) is 43.0 Å². The van der Waals surface area contributed by atoms with Crippen LogP contribution in [0.1, 0.15) is 56.4 Å². The van der Waals surface area contributed by atoms with Crippen molar-refractivity contribution in [3.63, 3.8) is 0 Å². The Labute approximate surface area is 236 Å². The molecule has 0 radical (unpaired) electrons. The van der Waals surface area contributed by atoms with Crippen molar-refractivity contribution in [3.05, 3.63) is 65.4 Å². The highest BCUT2D eigenvalue weighted by atomic mass is 32.2. The summed E-state index contributed by atoms with van der Waals surface area (Å²) in [4.78, 5) is 26.5. The van der Waals surface area contributed by atoms with Crippen molar-refractivity contribution in [2.24, 2.45) is 17.6 Å². The molecule has 1 unspecified atom stereocenters. The number of carbonyl (C=O) groups excluding carboxylic acids is 2. The van der Waals surface area contributed by atoms with Gasteiger partial charge in [-0.3, -0.25) is 4.79 Å². The van der Waals surface area contributed by atoms with Gasteiger partial charge in [0.25, 0.3) is 15.9 Å². The first-order valence-corrected chi connectivity index (χ1v) is 15.2. The van der Waals surface area contributed by atoms with Crippen molar-refractivity contribution >= 4 is 27.7 Å². The number of hydrogen-bond acceptors (Lipinski definition) is 6. The minimum atomic E-state index is -3.97. The summed E-state index contributed by atoms with van der Waals surface area (Å²) in [5.74, 6) is -0.538. The molecule has 1 aliphatic rings. The summed E-state index contributed by atoms with van der Waals surface area (Å²) < 4.78 is 34.3. The molecule has 0 spiro atoms. The van der Waals surface area contributed by atoms with Crippen molar-refractivity contribution in [2.75, 3.05) is 11.8 Å². The molecule has 1 saturated carbocycles. The van der Waals surface area contributed by atoms with E-state index >= 15 is 0 Å². The minimum Gasteiger partial charge on any atom is -0.364 e. The zero-order valence-corrected chi connectivity index (χ0v) is 24.6. The third kappa shape index (κ3) is 5.83. The Hall–Kier alpha value is -3.50. The molecule has 1 aromatic heterocycles. The smallest absolute Gasteiger partial charge is 0.317 e. The van der Waals surface area contributed by atoms with E-state index in [4.69, 9.17) is 10.3 Å². The zero-order chi connectivity index (χ0) is 29.2. The van der Waals surface area contributed by atoms with Gasteiger partial charge in [-0.15, -0.1) is 0 Å². The van der Waals surface area contributed by atoms with Crippen molar-refractivity contribution in [1.82, 2.24) is 5.16 Å². The fourth-order valence-electron chi connectivity index (χ4n) is 5.97. The maximum absolute atomic E-state index is 13.8. The first-order chi connectivity index (χ1) is 18.8. The van der Waals surface area contributed by atoms with Gasteiger partial charge in [0.1, 0.15) is 6.54 Å². The van der Waals surface area contributed by atoms with Crippen LogP contribution in [0.25, 0.3) is 11.1 Å². The summed E-state index contributed by atoms with van der Waals surface area (Å²) in [7, 11) is -2.15. The Morgan fingerprint density at radius 1 is 1.07 bits per heavy atom. The summed E-state index contributed by atoms with van der Waals surface area (Å²) in [5.41, 5.74) is 9.16. The van der Waals surface area contributed by atoms with Gasteiger partial charge in [0.05, 0.1) is 23.6 Å². The number of nitrogens with zero attached hydrogens (tertiary/aromatic N) is 2. The minimum absolute atomic E-state index is 0.0551. The van der Waals surface area contributed by atoms with Crippen LogP contribution < -0.4 is 10.5 Å². The molecule has 3 N–H and O–H groups in total. The number of aryl methyl sites for hydroxylation is 1. The average molecular weight is 568 g/mol. The fourth-order valence-corrected chi connectivity index (χ4v) is 7.24. The number of sulfonamides is 1. The summed E-state index contributed by atoms with van der Waals surface area (Å²) in [6.07, 6.45) is 3.70. The maximum atomic E-state index is 13.8. The SMILES string of the molecule is Cc1noc(NS(=O)(=O)c2ccccc2-c2ccc(C[N+](C)(C(=O)C3CCCC3)[C@H](C(N)=O)C(C)C)cc2)c1C. The quantitative estimate of drug-likeness (QED) is 0.334. The van der Waals surface area contributed by atoms with E-state index < -0.39 is 22.0 Å². The summed E-state index contributed by atoms with van der Waals surface area (Å²) in [6, 6.07) is 13.5. The molecule has 1 aliphatic carbocycles. The van der Waals surface area contributed by atoms with Crippen molar-refractivity contribution < 1.29 is 27.0 Å². The van der Waals surface area contributed by atoms with Crippen LogP contribution in [-0.2, 0) is 26.2 Å². The number of hydrogen-bond donors (Lipinski definition) is 2. The molecule has 2 amide bonds. The lowest BCUT2D eigenvalue weighted by atomic mass is 9.94. The number of rotatable bonds is 10. The van der Waals surface area contributed by atoms with Gasteiger partial charge in [0, 0.05) is 22.6 Å². The third-order valence-corrected chi connectivity index (χ3v) is 9.47. The van der Waals surface area contributed by atoms with E-state index in [1.807, 2.05) is 45.2 Å². The Balaban J connectivity index is 1.66. The number of anilines is 1. The Morgan fingerprint density at radius 3 is 2.25 bits per heavy atom. The average Bonchev–Trinajstić information content (AvgIpc) is 3.54. The Morgan fingerprint density at radius 2 is 1.70 bits per heavy atom. The molecule has 2 aromatic carbocycles. The molecule has 3 aromatic rings. The van der Waals surface area contributed by atoms with Crippen LogP contribution in [0.3, 0.4) is 0 Å². The number of nitrogens with one attached hydrogen (secondary N) is 1. The molecule has 1 heterocycles. The van der Waals surface area contributed by atoms with Gasteiger partial charge in [-0.2, -0.15) is 0 Å². The lowest BCUT2D eigenvalue weighted by Crippen LogP contribution is -2.63. The standard InChI is InChI=1S/C30H38N4O5S/c1-19(2)27(28(31)35)34(5,30(36)24-10-6-7-11-24)18-22-14-16-23(17-15-22)25-12-8-9-13-26(25)40(37,38)33-29-20(3)21(4)32-39-29/h8-9,12-17,19,24,27H,6-7,10-11,18H2,1-5H3,(H2-,31,32,33,35)/p+1/t27-,34?/m0/s1. The van der Waals surface area contributed by atoms with E-state index in [2.05, 4.69) is 9.88 Å². The molecule has 0 bridgehead atoms. The highest BCUT2D eigenvalue weighted by molar-refractivity contribution is 7.92. The maximum Gasteiger partial charge on any atom is 0.317 e. The monoisotopic (exact) mass is 567 g/mol. The summed E-state index contributed by atoms with van der Waals surface area (Å²) >= 11 is 0. The normalized spacial score (nSPS) is 16.6. The molecule has 10 heteroatoms. The summed E-state index contributed by atoms with van der Waals surface area (Å²) in [6.45, 7) is 7.63. The van der Waals surface area contributed by atoms with Crippen LogP contribution in [0.4, 0.5) is 5.88 Å². The van der Waals surface area contributed by atoms with E-state index in [0.717, 1.165) is 31.2 Å². The second-order valence-corrected chi connectivity index (χ2v) is 13.0. The second-order valence-electron chi connectivity index (χ2n) is 11.4. The number of nitrogens with two attached hydrogens (primary N) is 1. The fraction of sp³-hybridized carbons (Fsp3) is 0.433. The van der Waals surface area contributed by atoms with Crippen LogP contribution in [0.2, 0.25) is 0 Å². The van der Waals surface area contributed by atoms with Crippen molar-refractivity contribution in [3.8, 4) is 11.1 Å². The number of benzene rings is 2. The first-order valence-electron chi connectivity index (χ1n) is 13.7. The number of primary amides is 1. The van der Waals surface area contributed by atoms with E-state index in [1.165, 1.54) is 0 Å². The molecular weight excluding hydrogens is 528 g/mol. The number of amides is 2. The predicted molar refractivity (Wildman–Crippen MR) is 153 cm³/mol. The third-order valence-electron chi connectivity index (χ3n) is 8.08. The topological polar surface area (TPSA) is 132 Å². The lowest BCUT2D eigenvalue weighted by Gasteiger charge is -2.41. The van der Waals surface area contributed by atoms with Gasteiger partial charge in [0.15, 0.2) is 6.04 Å². The number of likely N-dealkylation sites (N-methyl/N-ethyl adjacent to an activating group) is 1. The molecule has 0 aliphatic heterocycles. The van der Waals surface area contributed by atoms with E-state index in [9.17, 15) is 18.0 Å². The van der Waals surface area contributed by atoms with Gasteiger partial charge in [-0.1, -0.05) is 74.3 Å². The molecule has 40 heavy (non-hydrogen) atoms. The molecular formula is C30H39N4O5S+. The molecule has 4 rings (SSSR count). The van der Waals surface area contributed by atoms with Crippen molar-refractivity contribution in [2.45, 2.75) is 70.9 Å². The van der Waals surface area contributed by atoms with Crippen LogP contribution in [0.5, 0.6) is 0 Å². The van der Waals surface area contributed by atoms with E-state index in [0.29, 0.717) is 28.9 Å². The van der Waals surface area contributed by atoms with Crippen molar-refractivity contribution in [1.29, 1.82) is 0 Å². The van der Waals surface area contributed by atoms with E-state index in [1.54, 1.807) is 38.1 Å². The lowest BCUT2D eigenvalue weighted by molar-refractivity contribution is -0.869. The number of aromatic nitrogens is 1. The largest absolute Gasteiger partial charge is 0.364 e. The number of quaternary nitrogens is 1. The van der Waals surface area contributed by atoms with Gasteiger partial charge >= 0.3 is 5.91 Å². The molecule has 0 saturated heterocycles. The Kier molecular flexibility index (Phi) is 8.51. The zero-order valence-electron chi connectivity index (χ0n) is 23.8. The summed E-state index contributed by atoms with van der Waals surface area (Å²) in [5, 5.41) is 3.83. The van der Waals surface area contributed by atoms with Gasteiger partial charge in [-0.25, -0.2) is 22.4 Å². The van der Waals surface area contributed by atoms with Gasteiger partial charge < -0.3 is 10.3 Å². The highest BCUT2D eigenvalue weighted by Gasteiger charge is 2.48. The highest BCUT2D eigenvalue weighted by Crippen LogP contribution is 2.34. The van der Waals surface area contributed by atoms with Gasteiger partial charge in [0.2, 0.25) is 5.88 Å². The first kappa shape index (κ1) is 29.5. The Bertz CT molecular complexity index is 1490. The molecule has 214 valence electrons. The van der Waals surface area contributed by atoms with Crippen LogP contribution in [0, 0.1) is 25.7 Å². The number of carbonyl (C=O) groups is 2. The second kappa shape index (κ2) is 11.5. The molecule has 9 nitrogen and oxygen atoms in total. The molecule has 2 atom stereocenters.